The second kappa shape index (κ2) is 6.25. The van der Waals surface area contributed by atoms with Gasteiger partial charge in [0.25, 0.3) is 0 Å². The Hall–Kier alpha value is -1.28. The average Bonchev–Trinajstić information content (AvgIpc) is 2.26. The van der Waals surface area contributed by atoms with Gasteiger partial charge in [0, 0.05) is 16.6 Å². The first-order valence-corrected chi connectivity index (χ1v) is 6.10. The third kappa shape index (κ3) is 4.71. The molecule has 8 heteroatoms. The van der Waals surface area contributed by atoms with Crippen molar-refractivity contribution in [2.45, 2.75) is 6.18 Å². The number of nitrogens with one attached hydrogen (secondary N) is 1. The number of alkyl halides is 3. The van der Waals surface area contributed by atoms with E-state index in [2.05, 4.69) is 15.9 Å². The maximum Gasteiger partial charge on any atom is 0.405 e. The molecule has 4 N–H and O–H groups in total. The van der Waals surface area contributed by atoms with E-state index in [1.165, 1.54) is 18.2 Å². The highest BCUT2D eigenvalue weighted by molar-refractivity contribution is 9.10. The minimum Gasteiger partial charge on any atom is -0.395 e. The standard InChI is InChI=1S/C11H13BrF3N3O/c12-8-5-7(10(16)17)1-2-9(8)18(3-4-19)6-11(13,14)15/h1-2,5,19H,3-4,6H2,(H3,16,17). The molecule has 0 heterocycles. The molecule has 1 aromatic rings. The van der Waals surface area contributed by atoms with Gasteiger partial charge in [-0.05, 0) is 34.1 Å². The van der Waals surface area contributed by atoms with Crippen molar-refractivity contribution >= 4 is 27.5 Å². The summed E-state index contributed by atoms with van der Waals surface area (Å²) in [6.07, 6.45) is -4.37. The van der Waals surface area contributed by atoms with Gasteiger partial charge in [-0.3, -0.25) is 5.41 Å². The van der Waals surface area contributed by atoms with E-state index in [0.717, 1.165) is 4.90 Å². The van der Waals surface area contributed by atoms with Crippen molar-refractivity contribution in [3.05, 3.63) is 28.2 Å². The normalized spacial score (nSPS) is 11.4. The number of nitrogen functional groups attached to an aromatic ring is 1. The van der Waals surface area contributed by atoms with Crippen LogP contribution in [0.15, 0.2) is 22.7 Å². The summed E-state index contributed by atoms with van der Waals surface area (Å²) in [7, 11) is 0. The largest absolute Gasteiger partial charge is 0.405 e. The second-order valence-electron chi connectivity index (χ2n) is 3.84. The van der Waals surface area contributed by atoms with Crippen molar-refractivity contribution in [3.8, 4) is 0 Å². The van der Waals surface area contributed by atoms with E-state index in [4.69, 9.17) is 16.2 Å². The topological polar surface area (TPSA) is 73.3 Å². The first kappa shape index (κ1) is 15.8. The van der Waals surface area contributed by atoms with Crippen molar-refractivity contribution in [3.63, 3.8) is 0 Å². The smallest absolute Gasteiger partial charge is 0.395 e. The Bertz CT molecular complexity index is 465. The highest BCUT2D eigenvalue weighted by atomic mass is 79.9. The Balaban J connectivity index is 3.06. The van der Waals surface area contributed by atoms with Crippen LogP contribution in [0, 0.1) is 5.41 Å². The highest BCUT2D eigenvalue weighted by Crippen LogP contribution is 2.29. The van der Waals surface area contributed by atoms with Gasteiger partial charge in [0.2, 0.25) is 0 Å². The van der Waals surface area contributed by atoms with Crippen LogP contribution in [0.1, 0.15) is 5.56 Å². The van der Waals surface area contributed by atoms with E-state index in [0.29, 0.717) is 10.0 Å². The van der Waals surface area contributed by atoms with Crippen molar-refractivity contribution in [2.75, 3.05) is 24.6 Å². The number of halogens is 4. The maximum atomic E-state index is 12.5. The predicted molar refractivity (Wildman–Crippen MR) is 70.5 cm³/mol. The first-order valence-electron chi connectivity index (χ1n) is 5.31. The number of aliphatic hydroxyl groups excluding tert-OH is 1. The van der Waals surface area contributed by atoms with Crippen LogP contribution in [-0.2, 0) is 0 Å². The molecule has 19 heavy (non-hydrogen) atoms. The van der Waals surface area contributed by atoms with Crippen LogP contribution in [0.25, 0.3) is 0 Å². The van der Waals surface area contributed by atoms with Crippen LogP contribution >= 0.6 is 15.9 Å². The monoisotopic (exact) mass is 339 g/mol. The number of hydrogen-bond acceptors (Lipinski definition) is 3. The van der Waals surface area contributed by atoms with Crippen LogP contribution in [0.3, 0.4) is 0 Å². The van der Waals surface area contributed by atoms with Gasteiger partial charge >= 0.3 is 6.18 Å². The molecule has 0 atom stereocenters. The molecule has 0 fully saturated rings. The van der Waals surface area contributed by atoms with Crippen LogP contribution in [0.4, 0.5) is 18.9 Å². The quantitative estimate of drug-likeness (QED) is 0.568. The van der Waals surface area contributed by atoms with Crippen molar-refractivity contribution in [1.29, 1.82) is 5.41 Å². The number of hydrogen-bond donors (Lipinski definition) is 3. The van der Waals surface area contributed by atoms with E-state index in [1.54, 1.807) is 0 Å². The lowest BCUT2D eigenvalue weighted by molar-refractivity contribution is -0.119. The zero-order valence-electron chi connectivity index (χ0n) is 9.84. The Kier molecular flexibility index (Phi) is 5.19. The Labute approximate surface area is 116 Å². The summed E-state index contributed by atoms with van der Waals surface area (Å²) >= 11 is 3.15. The van der Waals surface area contributed by atoms with E-state index < -0.39 is 19.3 Å². The molecule has 106 valence electrons. The van der Waals surface area contributed by atoms with E-state index >= 15 is 0 Å². The Morgan fingerprint density at radius 3 is 2.47 bits per heavy atom. The lowest BCUT2D eigenvalue weighted by atomic mass is 10.2. The van der Waals surface area contributed by atoms with Crippen molar-refractivity contribution < 1.29 is 18.3 Å². The van der Waals surface area contributed by atoms with Crippen LogP contribution in [0.2, 0.25) is 0 Å². The number of nitrogens with two attached hydrogens (primary N) is 1. The summed E-state index contributed by atoms with van der Waals surface area (Å²) in [4.78, 5) is 1.01. The maximum absolute atomic E-state index is 12.5. The van der Waals surface area contributed by atoms with Crippen molar-refractivity contribution in [2.24, 2.45) is 5.73 Å². The lowest BCUT2D eigenvalue weighted by Gasteiger charge is -2.26. The fourth-order valence-electron chi connectivity index (χ4n) is 1.55. The third-order valence-electron chi connectivity index (χ3n) is 2.34. The van der Waals surface area contributed by atoms with E-state index in [9.17, 15) is 13.2 Å². The molecular weight excluding hydrogens is 327 g/mol. The average molecular weight is 340 g/mol. The summed E-state index contributed by atoms with van der Waals surface area (Å²) in [6, 6.07) is 4.36. The highest BCUT2D eigenvalue weighted by Gasteiger charge is 2.31. The number of amidine groups is 1. The number of nitrogens with zero attached hydrogens (tertiary/aromatic N) is 1. The van der Waals surface area contributed by atoms with Crippen LogP contribution < -0.4 is 10.6 Å². The summed E-state index contributed by atoms with van der Waals surface area (Å²) < 4.78 is 37.8. The fourth-order valence-corrected chi connectivity index (χ4v) is 2.18. The van der Waals surface area contributed by atoms with Gasteiger partial charge < -0.3 is 15.7 Å². The molecule has 0 aliphatic heterocycles. The van der Waals surface area contributed by atoms with Crippen LogP contribution in [0.5, 0.6) is 0 Å². The molecule has 0 radical (unpaired) electrons. The molecule has 0 saturated heterocycles. The summed E-state index contributed by atoms with van der Waals surface area (Å²) in [5.41, 5.74) is 6.00. The third-order valence-corrected chi connectivity index (χ3v) is 2.97. The number of benzene rings is 1. The molecule has 0 bridgehead atoms. The molecule has 0 aliphatic carbocycles. The molecular formula is C11H13BrF3N3O. The van der Waals surface area contributed by atoms with E-state index in [-0.39, 0.29) is 18.1 Å². The first-order chi connectivity index (χ1) is 8.74. The second-order valence-corrected chi connectivity index (χ2v) is 4.69. The molecule has 4 nitrogen and oxygen atoms in total. The molecule has 0 unspecified atom stereocenters. The van der Waals surface area contributed by atoms with Gasteiger partial charge in [0.1, 0.15) is 12.4 Å². The molecule has 0 amide bonds. The van der Waals surface area contributed by atoms with Crippen molar-refractivity contribution in [1.82, 2.24) is 0 Å². The summed E-state index contributed by atoms with van der Waals surface area (Å²) in [6.45, 7) is -1.69. The van der Waals surface area contributed by atoms with Gasteiger partial charge in [-0.2, -0.15) is 13.2 Å². The lowest BCUT2D eigenvalue weighted by Crippen LogP contribution is -2.36. The molecule has 0 saturated carbocycles. The minimum atomic E-state index is -4.37. The zero-order chi connectivity index (χ0) is 14.6. The number of rotatable bonds is 5. The molecule has 0 aromatic heterocycles. The fraction of sp³-hybridized carbons (Fsp3) is 0.364. The van der Waals surface area contributed by atoms with E-state index in [1.807, 2.05) is 0 Å². The van der Waals surface area contributed by atoms with Gasteiger partial charge in [0.05, 0.1) is 12.3 Å². The number of anilines is 1. The number of aliphatic hydroxyl groups is 1. The van der Waals surface area contributed by atoms with Gasteiger partial charge in [0.15, 0.2) is 0 Å². The zero-order valence-corrected chi connectivity index (χ0v) is 11.4. The predicted octanol–water partition coefficient (Wildman–Crippen LogP) is 2.09. The SMILES string of the molecule is N=C(N)c1ccc(N(CCO)CC(F)(F)F)c(Br)c1. The molecule has 0 spiro atoms. The summed E-state index contributed by atoms with van der Waals surface area (Å²) in [5.74, 6) is -0.170. The molecule has 1 aromatic carbocycles. The Morgan fingerprint density at radius 1 is 1.42 bits per heavy atom. The Morgan fingerprint density at radius 2 is 2.05 bits per heavy atom. The molecule has 0 aliphatic rings. The molecule has 1 rings (SSSR count). The van der Waals surface area contributed by atoms with Gasteiger partial charge in [-0.15, -0.1) is 0 Å². The van der Waals surface area contributed by atoms with Crippen LogP contribution in [-0.4, -0.2) is 36.8 Å². The van der Waals surface area contributed by atoms with Gasteiger partial charge in [-0.1, -0.05) is 0 Å². The summed E-state index contributed by atoms with van der Waals surface area (Å²) in [5, 5.41) is 16.1. The minimum absolute atomic E-state index is 0.141. The van der Waals surface area contributed by atoms with Gasteiger partial charge in [-0.25, -0.2) is 0 Å².